The van der Waals surface area contributed by atoms with E-state index in [0.717, 1.165) is 0 Å². The first-order valence-electron chi connectivity index (χ1n) is 4.05. The van der Waals surface area contributed by atoms with Crippen LogP contribution in [0, 0.1) is 0 Å². The minimum atomic E-state index is -1.39. The van der Waals surface area contributed by atoms with E-state index in [0.29, 0.717) is 10.6 Å². The molecule has 4 nitrogen and oxygen atoms in total. The molecular formula is C9H9Cl2NO3. The molecule has 0 fully saturated rings. The standard InChI is InChI=1S/C9H9Cl2NO3/c10-5-2-1-4(3-6(5)11)8(13)7(12)9(14)15/h1-3,7-8,13H,12H2,(H,14,15)/t7-,8+/m1/s1. The highest BCUT2D eigenvalue weighted by Crippen LogP contribution is 2.26. The summed E-state index contributed by atoms with van der Waals surface area (Å²) in [4.78, 5) is 10.5. The molecule has 1 aromatic rings. The lowest BCUT2D eigenvalue weighted by Crippen LogP contribution is -2.36. The summed E-state index contributed by atoms with van der Waals surface area (Å²) in [5.74, 6) is -1.28. The normalized spacial score (nSPS) is 14.7. The van der Waals surface area contributed by atoms with Crippen molar-refractivity contribution in [2.75, 3.05) is 0 Å². The van der Waals surface area contributed by atoms with Crippen LogP contribution in [-0.4, -0.2) is 22.2 Å². The van der Waals surface area contributed by atoms with Crippen molar-refractivity contribution in [3.8, 4) is 0 Å². The quantitative estimate of drug-likeness (QED) is 0.757. The zero-order valence-corrected chi connectivity index (χ0v) is 9.03. The molecule has 0 bridgehead atoms. The number of benzene rings is 1. The van der Waals surface area contributed by atoms with Gasteiger partial charge in [-0.2, -0.15) is 0 Å². The number of aliphatic hydroxyl groups excluding tert-OH is 1. The van der Waals surface area contributed by atoms with E-state index in [-0.39, 0.29) is 5.02 Å². The zero-order valence-electron chi connectivity index (χ0n) is 7.52. The van der Waals surface area contributed by atoms with Gasteiger partial charge in [0.05, 0.1) is 10.0 Å². The van der Waals surface area contributed by atoms with Gasteiger partial charge in [-0.1, -0.05) is 29.3 Å². The Morgan fingerprint density at radius 2 is 1.93 bits per heavy atom. The molecule has 0 saturated carbocycles. The largest absolute Gasteiger partial charge is 0.480 e. The summed E-state index contributed by atoms with van der Waals surface area (Å²) in [6.07, 6.45) is -1.31. The molecule has 0 radical (unpaired) electrons. The third-order valence-corrected chi connectivity index (χ3v) is 2.65. The molecule has 1 rings (SSSR count). The molecule has 0 heterocycles. The van der Waals surface area contributed by atoms with Crippen molar-refractivity contribution in [1.29, 1.82) is 0 Å². The van der Waals surface area contributed by atoms with Gasteiger partial charge >= 0.3 is 5.97 Å². The van der Waals surface area contributed by atoms with Crippen molar-refractivity contribution < 1.29 is 15.0 Å². The number of carboxylic acid groups (broad SMARTS) is 1. The second-order valence-corrected chi connectivity index (χ2v) is 3.80. The molecule has 0 aliphatic carbocycles. The number of hydrogen-bond acceptors (Lipinski definition) is 3. The Hall–Kier alpha value is -0.810. The smallest absolute Gasteiger partial charge is 0.323 e. The van der Waals surface area contributed by atoms with Gasteiger partial charge in [0.1, 0.15) is 12.1 Å². The van der Waals surface area contributed by atoms with Crippen LogP contribution in [0.15, 0.2) is 18.2 Å². The molecule has 0 spiro atoms. The topological polar surface area (TPSA) is 83.6 Å². The van der Waals surface area contributed by atoms with Gasteiger partial charge < -0.3 is 15.9 Å². The Bertz CT molecular complexity index is 384. The first kappa shape index (κ1) is 12.3. The molecule has 6 heteroatoms. The molecule has 15 heavy (non-hydrogen) atoms. The number of nitrogens with two attached hydrogens (primary N) is 1. The van der Waals surface area contributed by atoms with Crippen LogP contribution >= 0.6 is 23.2 Å². The van der Waals surface area contributed by atoms with Crippen molar-refractivity contribution in [3.63, 3.8) is 0 Å². The van der Waals surface area contributed by atoms with Crippen LogP contribution in [0.25, 0.3) is 0 Å². The van der Waals surface area contributed by atoms with Crippen molar-refractivity contribution in [2.45, 2.75) is 12.1 Å². The highest BCUT2D eigenvalue weighted by atomic mass is 35.5. The van der Waals surface area contributed by atoms with Crippen molar-refractivity contribution >= 4 is 29.2 Å². The second-order valence-electron chi connectivity index (χ2n) is 2.98. The van der Waals surface area contributed by atoms with Gasteiger partial charge in [0, 0.05) is 0 Å². The van der Waals surface area contributed by atoms with E-state index >= 15 is 0 Å². The van der Waals surface area contributed by atoms with Gasteiger partial charge in [0.15, 0.2) is 0 Å². The summed E-state index contributed by atoms with van der Waals surface area (Å²) in [7, 11) is 0. The van der Waals surface area contributed by atoms with Crippen molar-refractivity contribution in [3.05, 3.63) is 33.8 Å². The second kappa shape index (κ2) is 4.81. The lowest BCUT2D eigenvalue weighted by molar-refractivity contribution is -0.141. The molecular weight excluding hydrogens is 241 g/mol. The molecule has 0 aliphatic rings. The van der Waals surface area contributed by atoms with E-state index in [4.69, 9.17) is 34.0 Å². The fourth-order valence-electron chi connectivity index (χ4n) is 1.04. The third kappa shape index (κ3) is 2.82. The van der Waals surface area contributed by atoms with Crippen molar-refractivity contribution in [1.82, 2.24) is 0 Å². The van der Waals surface area contributed by atoms with Crippen LogP contribution in [-0.2, 0) is 4.79 Å². The molecule has 2 atom stereocenters. The number of aliphatic hydroxyl groups is 1. The minimum absolute atomic E-state index is 0.241. The lowest BCUT2D eigenvalue weighted by Gasteiger charge is -2.15. The maximum Gasteiger partial charge on any atom is 0.323 e. The van der Waals surface area contributed by atoms with Gasteiger partial charge in [0.25, 0.3) is 0 Å². The lowest BCUT2D eigenvalue weighted by atomic mass is 10.0. The number of aliphatic carboxylic acids is 1. The predicted molar refractivity (Wildman–Crippen MR) is 57.0 cm³/mol. The molecule has 0 saturated heterocycles. The highest BCUT2D eigenvalue weighted by Gasteiger charge is 2.23. The molecule has 0 aliphatic heterocycles. The summed E-state index contributed by atoms with van der Waals surface area (Å²) < 4.78 is 0. The summed E-state index contributed by atoms with van der Waals surface area (Å²) in [5.41, 5.74) is 5.57. The molecule has 4 N–H and O–H groups in total. The van der Waals surface area contributed by atoms with Gasteiger partial charge in [-0.15, -0.1) is 0 Å². The monoisotopic (exact) mass is 249 g/mol. The Morgan fingerprint density at radius 1 is 1.33 bits per heavy atom. The maximum absolute atomic E-state index is 10.5. The summed E-state index contributed by atoms with van der Waals surface area (Å²) >= 11 is 11.4. The number of halogens is 2. The maximum atomic E-state index is 10.5. The van der Waals surface area contributed by atoms with Crippen LogP contribution < -0.4 is 5.73 Å². The SMILES string of the molecule is N[C@@H](C(=O)O)[C@@H](O)c1ccc(Cl)c(Cl)c1. The Morgan fingerprint density at radius 3 is 2.40 bits per heavy atom. The van der Waals surface area contributed by atoms with Crippen LogP contribution in [0.3, 0.4) is 0 Å². The van der Waals surface area contributed by atoms with Crippen molar-refractivity contribution in [2.24, 2.45) is 5.73 Å². The zero-order chi connectivity index (χ0) is 11.6. The number of carboxylic acids is 1. The van der Waals surface area contributed by atoms with Crippen LogP contribution in [0.5, 0.6) is 0 Å². The summed E-state index contributed by atoms with van der Waals surface area (Å²) in [5, 5.41) is 18.7. The minimum Gasteiger partial charge on any atom is -0.480 e. The van der Waals surface area contributed by atoms with Gasteiger partial charge in [0.2, 0.25) is 0 Å². The molecule has 0 unspecified atom stereocenters. The Labute approximate surface area is 96.2 Å². The van der Waals surface area contributed by atoms with Gasteiger partial charge in [-0.05, 0) is 17.7 Å². The molecule has 82 valence electrons. The first-order chi connectivity index (χ1) is 6.93. The van der Waals surface area contributed by atoms with E-state index < -0.39 is 18.1 Å². The summed E-state index contributed by atoms with van der Waals surface area (Å²) in [6, 6.07) is 2.94. The van der Waals surface area contributed by atoms with E-state index in [2.05, 4.69) is 0 Å². The molecule has 0 aromatic heterocycles. The van der Waals surface area contributed by atoms with Crippen LogP contribution in [0.4, 0.5) is 0 Å². The highest BCUT2D eigenvalue weighted by molar-refractivity contribution is 6.42. The fraction of sp³-hybridized carbons (Fsp3) is 0.222. The van der Waals surface area contributed by atoms with E-state index in [1.165, 1.54) is 18.2 Å². The van der Waals surface area contributed by atoms with E-state index in [9.17, 15) is 9.90 Å². The van der Waals surface area contributed by atoms with Gasteiger partial charge in [-0.3, -0.25) is 4.79 Å². The summed E-state index contributed by atoms with van der Waals surface area (Å²) in [6.45, 7) is 0. The number of rotatable bonds is 3. The van der Waals surface area contributed by atoms with E-state index in [1.807, 2.05) is 0 Å². The van der Waals surface area contributed by atoms with Gasteiger partial charge in [-0.25, -0.2) is 0 Å². The van der Waals surface area contributed by atoms with Crippen LogP contribution in [0.1, 0.15) is 11.7 Å². The number of carbonyl (C=O) groups is 1. The van der Waals surface area contributed by atoms with Crippen LogP contribution in [0.2, 0.25) is 10.0 Å². The third-order valence-electron chi connectivity index (χ3n) is 1.91. The average Bonchev–Trinajstić information content (AvgIpc) is 2.19. The number of hydrogen-bond donors (Lipinski definition) is 3. The van der Waals surface area contributed by atoms with E-state index in [1.54, 1.807) is 0 Å². The predicted octanol–water partition coefficient (Wildman–Crippen LogP) is 1.44. The average molecular weight is 250 g/mol. The molecule has 0 amide bonds. The Balaban J connectivity index is 2.96. The fourth-order valence-corrected chi connectivity index (χ4v) is 1.35. The molecule has 1 aromatic carbocycles. The Kier molecular flexibility index (Phi) is 3.93. The first-order valence-corrected chi connectivity index (χ1v) is 4.80.